The minimum absolute atomic E-state index is 0.885. The summed E-state index contributed by atoms with van der Waals surface area (Å²) in [5.74, 6) is 0.885. The van der Waals surface area contributed by atoms with E-state index in [0.29, 0.717) is 0 Å². The second-order valence-electron chi connectivity index (χ2n) is 8.37. The third-order valence-electron chi connectivity index (χ3n) is 6.12. The molecule has 0 atom stereocenters. The van der Waals surface area contributed by atoms with Gasteiger partial charge in [-0.2, -0.15) is 0 Å². The third kappa shape index (κ3) is 5.35. The highest BCUT2D eigenvalue weighted by Gasteiger charge is 2.04. The molecule has 0 bridgehead atoms. The summed E-state index contributed by atoms with van der Waals surface area (Å²) in [4.78, 5) is 0. The lowest BCUT2D eigenvalue weighted by atomic mass is 9.97. The van der Waals surface area contributed by atoms with Crippen molar-refractivity contribution < 1.29 is 4.74 Å². The predicted octanol–water partition coefficient (Wildman–Crippen LogP) is 8.70. The van der Waals surface area contributed by atoms with Gasteiger partial charge in [0.05, 0.1) is 7.11 Å². The van der Waals surface area contributed by atoms with Crippen molar-refractivity contribution in [3.63, 3.8) is 0 Å². The molecule has 1 nitrogen and oxygen atoms in total. The second kappa shape index (κ2) is 10.3. The Kier molecular flexibility index (Phi) is 7.04. The van der Waals surface area contributed by atoms with Crippen molar-refractivity contribution in [1.82, 2.24) is 0 Å². The van der Waals surface area contributed by atoms with E-state index in [1.807, 2.05) is 12.1 Å². The SMILES string of the molecule is CCCCCCCc1ccc2cc(-c3ccc(-c4ccc(OC)cc4)cc3)ccc2c1. The van der Waals surface area contributed by atoms with E-state index in [1.54, 1.807) is 7.11 Å². The molecule has 0 saturated heterocycles. The lowest BCUT2D eigenvalue weighted by Crippen LogP contribution is -1.87. The second-order valence-corrected chi connectivity index (χ2v) is 8.37. The standard InChI is InChI=1S/C30H32O/c1-3-4-5-6-7-8-23-9-10-29-22-28(16-15-27(29)21-23)26-13-11-24(12-14-26)25-17-19-30(31-2)20-18-25/h9-22H,3-8H2,1-2H3. The fraction of sp³-hybridized carbons (Fsp3) is 0.267. The maximum Gasteiger partial charge on any atom is 0.118 e. The van der Waals surface area contributed by atoms with E-state index in [2.05, 4.69) is 79.7 Å². The Bertz CT molecular complexity index is 1110. The van der Waals surface area contributed by atoms with Crippen LogP contribution in [0.3, 0.4) is 0 Å². The van der Waals surface area contributed by atoms with Crippen molar-refractivity contribution in [2.75, 3.05) is 7.11 Å². The lowest BCUT2D eigenvalue weighted by Gasteiger charge is -2.08. The fourth-order valence-corrected chi connectivity index (χ4v) is 4.20. The monoisotopic (exact) mass is 408 g/mol. The number of rotatable bonds is 9. The molecule has 31 heavy (non-hydrogen) atoms. The molecule has 0 aliphatic heterocycles. The van der Waals surface area contributed by atoms with Crippen molar-refractivity contribution >= 4 is 10.8 Å². The van der Waals surface area contributed by atoms with Crippen LogP contribution in [0, 0.1) is 0 Å². The van der Waals surface area contributed by atoms with Gasteiger partial charge in [-0.05, 0) is 69.6 Å². The first-order chi connectivity index (χ1) is 15.3. The van der Waals surface area contributed by atoms with E-state index in [9.17, 15) is 0 Å². The molecule has 4 aromatic rings. The van der Waals surface area contributed by atoms with Gasteiger partial charge in [-0.3, -0.25) is 0 Å². The molecular formula is C30H32O. The molecule has 0 amide bonds. The lowest BCUT2D eigenvalue weighted by molar-refractivity contribution is 0.415. The average molecular weight is 409 g/mol. The summed E-state index contributed by atoms with van der Waals surface area (Å²) < 4.78 is 5.26. The molecule has 158 valence electrons. The maximum atomic E-state index is 5.26. The van der Waals surface area contributed by atoms with Crippen LogP contribution in [0.25, 0.3) is 33.0 Å². The van der Waals surface area contributed by atoms with Crippen molar-refractivity contribution in [1.29, 1.82) is 0 Å². The van der Waals surface area contributed by atoms with E-state index in [4.69, 9.17) is 4.74 Å². The molecule has 0 aromatic heterocycles. The molecule has 0 N–H and O–H groups in total. The summed E-state index contributed by atoms with van der Waals surface area (Å²) in [6, 6.07) is 30.8. The molecule has 0 radical (unpaired) electrons. The minimum Gasteiger partial charge on any atom is -0.497 e. The molecule has 0 fully saturated rings. The topological polar surface area (TPSA) is 9.23 Å². The summed E-state index contributed by atoms with van der Waals surface area (Å²) in [6.45, 7) is 2.27. The number of ether oxygens (including phenoxy) is 1. The van der Waals surface area contributed by atoms with Crippen LogP contribution >= 0.6 is 0 Å². The van der Waals surface area contributed by atoms with Gasteiger partial charge in [-0.25, -0.2) is 0 Å². The van der Waals surface area contributed by atoms with Crippen molar-refractivity contribution in [3.05, 3.63) is 90.5 Å². The van der Waals surface area contributed by atoms with Crippen LogP contribution in [0.1, 0.15) is 44.6 Å². The number of hydrogen-bond acceptors (Lipinski definition) is 1. The van der Waals surface area contributed by atoms with Gasteiger partial charge in [0.2, 0.25) is 0 Å². The highest BCUT2D eigenvalue weighted by Crippen LogP contribution is 2.29. The minimum atomic E-state index is 0.885. The van der Waals surface area contributed by atoms with Crippen LogP contribution in [0.2, 0.25) is 0 Å². The Morgan fingerprint density at radius 2 is 1.10 bits per heavy atom. The number of aryl methyl sites for hydroxylation is 1. The van der Waals surface area contributed by atoms with Gasteiger partial charge in [0, 0.05) is 0 Å². The highest BCUT2D eigenvalue weighted by molar-refractivity contribution is 5.88. The molecule has 4 rings (SSSR count). The number of hydrogen-bond donors (Lipinski definition) is 0. The van der Waals surface area contributed by atoms with Crippen LogP contribution in [-0.4, -0.2) is 7.11 Å². The van der Waals surface area contributed by atoms with E-state index < -0.39 is 0 Å². The summed E-state index contributed by atoms with van der Waals surface area (Å²) >= 11 is 0. The quantitative estimate of drug-likeness (QED) is 0.252. The predicted molar refractivity (Wildman–Crippen MR) is 134 cm³/mol. The largest absolute Gasteiger partial charge is 0.497 e. The molecule has 0 heterocycles. The van der Waals surface area contributed by atoms with Gasteiger partial charge in [0.25, 0.3) is 0 Å². The number of methoxy groups -OCH3 is 1. The van der Waals surface area contributed by atoms with E-state index in [1.165, 1.54) is 77.1 Å². The molecule has 4 aromatic carbocycles. The molecule has 0 spiro atoms. The van der Waals surface area contributed by atoms with Crippen molar-refractivity contribution in [3.8, 4) is 28.0 Å². The first-order valence-corrected chi connectivity index (χ1v) is 11.5. The molecule has 1 heteroatoms. The maximum absolute atomic E-state index is 5.26. The average Bonchev–Trinajstić information content (AvgIpc) is 2.84. The zero-order valence-corrected chi connectivity index (χ0v) is 18.7. The van der Waals surface area contributed by atoms with Crippen molar-refractivity contribution in [2.45, 2.75) is 45.4 Å². The zero-order chi connectivity index (χ0) is 21.5. The molecule has 0 aliphatic carbocycles. The van der Waals surface area contributed by atoms with Crippen LogP contribution in [-0.2, 0) is 6.42 Å². The smallest absolute Gasteiger partial charge is 0.118 e. The molecule has 0 aliphatic rings. The molecular weight excluding hydrogens is 376 g/mol. The van der Waals surface area contributed by atoms with Gasteiger partial charge in [-0.15, -0.1) is 0 Å². The molecule has 0 unspecified atom stereocenters. The van der Waals surface area contributed by atoms with Crippen LogP contribution in [0.5, 0.6) is 5.75 Å². The van der Waals surface area contributed by atoms with Gasteiger partial charge >= 0.3 is 0 Å². The van der Waals surface area contributed by atoms with E-state index in [0.717, 1.165) is 5.75 Å². The summed E-state index contributed by atoms with van der Waals surface area (Å²) in [6.07, 6.45) is 7.87. The number of fused-ring (bicyclic) bond motifs is 1. The van der Waals surface area contributed by atoms with Crippen LogP contribution in [0.15, 0.2) is 84.9 Å². The molecule has 0 saturated carbocycles. The van der Waals surface area contributed by atoms with Gasteiger partial charge in [-0.1, -0.05) is 99.3 Å². The van der Waals surface area contributed by atoms with Gasteiger partial charge in [0.1, 0.15) is 5.75 Å². The summed E-state index contributed by atoms with van der Waals surface area (Å²) in [7, 11) is 1.70. The third-order valence-corrected chi connectivity index (χ3v) is 6.12. The Balaban J connectivity index is 1.47. The Labute approximate surface area is 186 Å². The van der Waals surface area contributed by atoms with Gasteiger partial charge in [0.15, 0.2) is 0 Å². The first-order valence-electron chi connectivity index (χ1n) is 11.5. The van der Waals surface area contributed by atoms with Gasteiger partial charge < -0.3 is 4.74 Å². The van der Waals surface area contributed by atoms with Crippen LogP contribution < -0.4 is 4.74 Å². The normalized spacial score (nSPS) is 11.0. The summed E-state index contributed by atoms with van der Waals surface area (Å²) in [5.41, 5.74) is 6.39. The van der Waals surface area contributed by atoms with E-state index >= 15 is 0 Å². The number of benzene rings is 4. The first kappa shape index (κ1) is 21.2. The van der Waals surface area contributed by atoms with E-state index in [-0.39, 0.29) is 0 Å². The number of unbranched alkanes of at least 4 members (excludes halogenated alkanes) is 4. The Morgan fingerprint density at radius 3 is 1.77 bits per heavy atom. The highest BCUT2D eigenvalue weighted by atomic mass is 16.5. The van der Waals surface area contributed by atoms with Crippen molar-refractivity contribution in [2.24, 2.45) is 0 Å². The Hall–Kier alpha value is -3.06. The Morgan fingerprint density at radius 1 is 0.548 bits per heavy atom. The van der Waals surface area contributed by atoms with Crippen LogP contribution in [0.4, 0.5) is 0 Å². The summed E-state index contributed by atoms with van der Waals surface area (Å²) in [5, 5.41) is 2.65. The fourth-order valence-electron chi connectivity index (χ4n) is 4.20. The zero-order valence-electron chi connectivity index (χ0n) is 18.7.